The summed E-state index contributed by atoms with van der Waals surface area (Å²) in [5.41, 5.74) is 0.796. The molecule has 0 atom stereocenters. The van der Waals surface area contributed by atoms with Gasteiger partial charge in [-0.05, 0) is 43.5 Å². The van der Waals surface area contributed by atoms with Gasteiger partial charge in [-0.2, -0.15) is 4.31 Å². The van der Waals surface area contributed by atoms with Crippen molar-refractivity contribution in [2.24, 2.45) is 7.05 Å². The Balaban J connectivity index is 1.79. The van der Waals surface area contributed by atoms with Gasteiger partial charge in [-0.25, -0.2) is 8.42 Å². The molecule has 0 N–H and O–H groups in total. The van der Waals surface area contributed by atoms with E-state index in [0.29, 0.717) is 13.0 Å². The zero-order valence-electron chi connectivity index (χ0n) is 17.1. The van der Waals surface area contributed by atoms with E-state index in [1.165, 1.54) is 12.1 Å². The molecule has 162 valence electrons. The Morgan fingerprint density at radius 3 is 2.40 bits per heavy atom. The highest BCUT2D eigenvalue weighted by Crippen LogP contribution is 2.29. The molecule has 1 saturated carbocycles. The van der Waals surface area contributed by atoms with E-state index in [9.17, 15) is 23.3 Å². The summed E-state index contributed by atoms with van der Waals surface area (Å²) in [6.45, 7) is 2.21. The summed E-state index contributed by atoms with van der Waals surface area (Å²) >= 11 is 0. The van der Waals surface area contributed by atoms with Crippen LogP contribution < -0.4 is 0 Å². The third-order valence-corrected chi connectivity index (χ3v) is 7.02. The number of amides is 1. The Morgan fingerprint density at radius 2 is 1.90 bits per heavy atom. The van der Waals surface area contributed by atoms with Gasteiger partial charge in [0.25, 0.3) is 5.69 Å². The summed E-state index contributed by atoms with van der Waals surface area (Å²) in [5, 5.41) is 10.8. The fraction of sp³-hybridized carbons (Fsp3) is 0.450. The first-order valence-electron chi connectivity index (χ1n) is 9.88. The Kier molecular flexibility index (Phi) is 6.57. The first-order valence-corrected chi connectivity index (χ1v) is 11.3. The monoisotopic (exact) mass is 434 g/mol. The zero-order valence-corrected chi connectivity index (χ0v) is 17.9. The van der Waals surface area contributed by atoms with E-state index in [2.05, 4.69) is 0 Å². The summed E-state index contributed by atoms with van der Waals surface area (Å²) in [4.78, 5) is 25.0. The lowest BCUT2D eigenvalue weighted by atomic mass is 10.3. The molecule has 1 fully saturated rings. The molecule has 2 aromatic rings. The minimum absolute atomic E-state index is 0.0604. The van der Waals surface area contributed by atoms with E-state index in [1.807, 2.05) is 36.9 Å². The van der Waals surface area contributed by atoms with Crippen molar-refractivity contribution >= 4 is 21.6 Å². The second kappa shape index (κ2) is 8.97. The van der Waals surface area contributed by atoms with Crippen molar-refractivity contribution in [2.75, 3.05) is 13.1 Å². The maximum absolute atomic E-state index is 13.1. The van der Waals surface area contributed by atoms with Crippen molar-refractivity contribution in [1.29, 1.82) is 0 Å². The predicted molar refractivity (Wildman–Crippen MR) is 111 cm³/mol. The first kappa shape index (κ1) is 22.0. The number of nitrogens with zero attached hydrogens (tertiary/aromatic N) is 4. The van der Waals surface area contributed by atoms with Crippen molar-refractivity contribution < 1.29 is 18.1 Å². The molecular weight excluding hydrogens is 408 g/mol. The van der Waals surface area contributed by atoms with Crippen LogP contribution in [0.15, 0.2) is 47.5 Å². The number of hydrogen-bond donors (Lipinski definition) is 0. The number of aryl methyl sites for hydroxylation is 1. The smallest absolute Gasteiger partial charge is 0.269 e. The molecule has 0 radical (unpaired) electrons. The van der Waals surface area contributed by atoms with Gasteiger partial charge in [0.05, 0.1) is 22.9 Å². The molecule has 0 aliphatic heterocycles. The Hall–Kier alpha value is -2.72. The molecule has 1 aromatic heterocycles. The van der Waals surface area contributed by atoms with E-state index in [0.717, 1.165) is 35.0 Å². The number of sulfonamides is 1. The molecule has 1 aliphatic carbocycles. The molecule has 10 heteroatoms. The maximum atomic E-state index is 13.1. The number of rotatable bonds is 10. The third kappa shape index (κ3) is 4.88. The minimum atomic E-state index is -3.95. The molecule has 30 heavy (non-hydrogen) atoms. The summed E-state index contributed by atoms with van der Waals surface area (Å²) in [6.07, 6.45) is 4.28. The van der Waals surface area contributed by atoms with E-state index in [-0.39, 0.29) is 35.6 Å². The van der Waals surface area contributed by atoms with Crippen LogP contribution in [0.5, 0.6) is 0 Å². The normalized spacial score (nSPS) is 14.1. The summed E-state index contributed by atoms with van der Waals surface area (Å²) in [6, 6.07) is 8.73. The van der Waals surface area contributed by atoms with Crippen LogP contribution in [0.1, 0.15) is 31.9 Å². The van der Waals surface area contributed by atoms with Gasteiger partial charge < -0.3 is 9.47 Å². The van der Waals surface area contributed by atoms with Gasteiger partial charge in [0.1, 0.15) is 0 Å². The van der Waals surface area contributed by atoms with Crippen LogP contribution in [-0.4, -0.2) is 52.2 Å². The lowest BCUT2D eigenvalue weighted by molar-refractivity contribution is -0.384. The van der Waals surface area contributed by atoms with Crippen molar-refractivity contribution in [1.82, 2.24) is 13.8 Å². The van der Waals surface area contributed by atoms with Gasteiger partial charge in [-0.15, -0.1) is 0 Å². The summed E-state index contributed by atoms with van der Waals surface area (Å²) in [5.74, 6) is -0.238. The predicted octanol–water partition coefficient (Wildman–Crippen LogP) is 2.53. The zero-order chi connectivity index (χ0) is 21.9. The van der Waals surface area contributed by atoms with Crippen LogP contribution in [-0.2, 0) is 28.4 Å². The van der Waals surface area contributed by atoms with E-state index >= 15 is 0 Å². The number of benzene rings is 1. The van der Waals surface area contributed by atoms with Crippen LogP contribution in [0.4, 0.5) is 5.69 Å². The minimum Gasteiger partial charge on any atom is -0.353 e. The van der Waals surface area contributed by atoms with Crippen molar-refractivity contribution in [3.8, 4) is 0 Å². The standard InChI is InChI=1S/C20H26N4O5S/c1-3-12-22(30(28,29)19-10-8-17(9-11-19)24(26)27)15-20(25)23(16-6-7-16)14-18-5-4-13-21(18)2/h4-5,8-11,13,16H,3,6-7,12,14-15H2,1-2H3. The molecule has 1 aromatic carbocycles. The molecule has 0 bridgehead atoms. The highest BCUT2D eigenvalue weighted by Gasteiger charge is 2.35. The van der Waals surface area contributed by atoms with Crippen molar-refractivity contribution in [2.45, 2.75) is 43.7 Å². The van der Waals surface area contributed by atoms with Gasteiger partial charge >= 0.3 is 0 Å². The average molecular weight is 435 g/mol. The van der Waals surface area contributed by atoms with Crippen molar-refractivity contribution in [3.05, 3.63) is 58.4 Å². The molecule has 1 aliphatic rings. The maximum Gasteiger partial charge on any atom is 0.269 e. The fourth-order valence-electron chi connectivity index (χ4n) is 3.31. The number of hydrogen-bond acceptors (Lipinski definition) is 5. The SMILES string of the molecule is CCCN(CC(=O)N(Cc1cccn1C)C1CC1)S(=O)(=O)c1ccc([N+](=O)[O-])cc1. The van der Waals surface area contributed by atoms with Crippen LogP contribution >= 0.6 is 0 Å². The lowest BCUT2D eigenvalue weighted by Crippen LogP contribution is -2.44. The van der Waals surface area contributed by atoms with E-state index in [4.69, 9.17) is 0 Å². The Labute approximate surface area is 176 Å². The van der Waals surface area contributed by atoms with Gasteiger partial charge in [0.2, 0.25) is 15.9 Å². The third-order valence-electron chi connectivity index (χ3n) is 5.16. The quantitative estimate of drug-likeness (QED) is 0.422. The molecule has 1 amide bonds. The van der Waals surface area contributed by atoms with Gasteiger partial charge in [-0.3, -0.25) is 14.9 Å². The number of non-ortho nitro benzene ring substituents is 1. The lowest BCUT2D eigenvalue weighted by Gasteiger charge is -2.27. The first-order chi connectivity index (χ1) is 14.2. The molecule has 0 spiro atoms. The van der Waals surface area contributed by atoms with E-state index < -0.39 is 14.9 Å². The highest BCUT2D eigenvalue weighted by molar-refractivity contribution is 7.89. The molecule has 1 heterocycles. The number of nitro benzene ring substituents is 1. The molecule has 9 nitrogen and oxygen atoms in total. The number of carbonyl (C=O) groups is 1. The molecule has 0 saturated heterocycles. The van der Waals surface area contributed by atoms with Crippen LogP contribution in [0, 0.1) is 10.1 Å². The Morgan fingerprint density at radius 1 is 1.23 bits per heavy atom. The topological polar surface area (TPSA) is 106 Å². The second-order valence-electron chi connectivity index (χ2n) is 7.45. The Bertz CT molecular complexity index is 1010. The fourth-order valence-corrected chi connectivity index (χ4v) is 4.79. The van der Waals surface area contributed by atoms with Crippen LogP contribution in [0.3, 0.4) is 0 Å². The molecular formula is C20H26N4O5S. The number of nitro groups is 1. The molecule has 3 rings (SSSR count). The van der Waals surface area contributed by atoms with E-state index in [1.54, 1.807) is 4.90 Å². The largest absolute Gasteiger partial charge is 0.353 e. The average Bonchev–Trinajstić information content (AvgIpc) is 3.47. The van der Waals surface area contributed by atoms with Gasteiger partial charge in [0, 0.05) is 43.7 Å². The van der Waals surface area contributed by atoms with Crippen LogP contribution in [0.25, 0.3) is 0 Å². The highest BCUT2D eigenvalue weighted by atomic mass is 32.2. The number of carbonyl (C=O) groups excluding carboxylic acids is 1. The number of aromatic nitrogens is 1. The van der Waals surface area contributed by atoms with Gasteiger partial charge in [-0.1, -0.05) is 6.92 Å². The second-order valence-corrected chi connectivity index (χ2v) is 9.39. The van der Waals surface area contributed by atoms with Gasteiger partial charge in [0.15, 0.2) is 0 Å². The van der Waals surface area contributed by atoms with Crippen molar-refractivity contribution in [3.63, 3.8) is 0 Å². The molecule has 0 unspecified atom stereocenters. The van der Waals surface area contributed by atoms with Crippen LogP contribution in [0.2, 0.25) is 0 Å². The summed E-state index contributed by atoms with van der Waals surface area (Å²) < 4.78 is 29.3. The summed E-state index contributed by atoms with van der Waals surface area (Å²) in [7, 11) is -2.04.